The highest BCUT2D eigenvalue weighted by atomic mass is 32.2. The fourth-order valence-electron chi connectivity index (χ4n) is 3.28. The van der Waals surface area contributed by atoms with Gasteiger partial charge in [-0.05, 0) is 49.8 Å². The average Bonchev–Trinajstić information content (AvgIpc) is 2.60. The van der Waals surface area contributed by atoms with Gasteiger partial charge in [0.05, 0.1) is 0 Å². The molecular formula is C14H28N2S. The van der Waals surface area contributed by atoms with E-state index in [0.717, 1.165) is 11.8 Å². The van der Waals surface area contributed by atoms with Gasteiger partial charge >= 0.3 is 0 Å². The van der Waals surface area contributed by atoms with Crippen LogP contribution in [0.25, 0.3) is 0 Å². The van der Waals surface area contributed by atoms with Crippen molar-refractivity contribution < 1.29 is 0 Å². The number of thioether (sulfide) groups is 1. The SMILES string of the molecule is CCC1CCC(N)C(CN2CCCSCC2)C1. The fourth-order valence-corrected chi connectivity index (χ4v) is 4.20. The predicted octanol–water partition coefficient (Wildman–Crippen LogP) is 2.58. The summed E-state index contributed by atoms with van der Waals surface area (Å²) in [7, 11) is 0. The van der Waals surface area contributed by atoms with Crippen molar-refractivity contribution in [1.29, 1.82) is 0 Å². The summed E-state index contributed by atoms with van der Waals surface area (Å²) in [4.78, 5) is 2.67. The molecule has 3 atom stereocenters. The molecule has 0 amide bonds. The largest absolute Gasteiger partial charge is 0.327 e. The summed E-state index contributed by atoms with van der Waals surface area (Å²) in [5.74, 6) is 4.38. The molecular weight excluding hydrogens is 228 g/mol. The molecule has 2 fully saturated rings. The highest BCUT2D eigenvalue weighted by Crippen LogP contribution is 2.31. The monoisotopic (exact) mass is 256 g/mol. The second-order valence-electron chi connectivity index (χ2n) is 5.78. The molecule has 0 radical (unpaired) electrons. The Bertz CT molecular complexity index is 214. The van der Waals surface area contributed by atoms with Crippen molar-refractivity contribution >= 4 is 11.8 Å². The summed E-state index contributed by atoms with van der Waals surface area (Å²) in [5, 5.41) is 0. The van der Waals surface area contributed by atoms with Crippen LogP contribution in [0.4, 0.5) is 0 Å². The lowest BCUT2D eigenvalue weighted by Crippen LogP contribution is -2.43. The molecule has 1 aliphatic heterocycles. The van der Waals surface area contributed by atoms with Crippen LogP contribution in [-0.4, -0.2) is 42.1 Å². The van der Waals surface area contributed by atoms with Gasteiger partial charge in [0.2, 0.25) is 0 Å². The third kappa shape index (κ3) is 4.15. The van der Waals surface area contributed by atoms with Crippen molar-refractivity contribution in [2.45, 2.75) is 45.1 Å². The van der Waals surface area contributed by atoms with Crippen LogP contribution in [0, 0.1) is 11.8 Å². The molecule has 1 aliphatic carbocycles. The van der Waals surface area contributed by atoms with E-state index in [1.54, 1.807) is 0 Å². The fraction of sp³-hybridized carbons (Fsp3) is 1.00. The van der Waals surface area contributed by atoms with Gasteiger partial charge in [0, 0.05) is 24.9 Å². The van der Waals surface area contributed by atoms with Gasteiger partial charge in [0.1, 0.15) is 0 Å². The summed E-state index contributed by atoms with van der Waals surface area (Å²) < 4.78 is 0. The highest BCUT2D eigenvalue weighted by Gasteiger charge is 2.28. The summed E-state index contributed by atoms with van der Waals surface area (Å²) in [6, 6.07) is 0.466. The number of hydrogen-bond donors (Lipinski definition) is 1. The van der Waals surface area contributed by atoms with E-state index in [1.807, 2.05) is 0 Å². The molecule has 1 saturated carbocycles. The van der Waals surface area contributed by atoms with E-state index in [1.165, 1.54) is 63.2 Å². The number of nitrogens with two attached hydrogens (primary N) is 1. The Hall–Kier alpha value is 0.270. The summed E-state index contributed by atoms with van der Waals surface area (Å²) in [6.45, 7) is 6.18. The van der Waals surface area contributed by atoms with Crippen LogP contribution in [0.5, 0.6) is 0 Å². The smallest absolute Gasteiger partial charge is 0.00795 e. The predicted molar refractivity (Wildman–Crippen MR) is 77.5 cm³/mol. The second-order valence-corrected chi connectivity index (χ2v) is 7.00. The van der Waals surface area contributed by atoms with Gasteiger partial charge in [-0.25, -0.2) is 0 Å². The maximum atomic E-state index is 6.32. The zero-order chi connectivity index (χ0) is 12.1. The normalized spacial score (nSPS) is 36.7. The van der Waals surface area contributed by atoms with E-state index in [4.69, 9.17) is 5.73 Å². The quantitative estimate of drug-likeness (QED) is 0.841. The maximum Gasteiger partial charge on any atom is 0.00795 e. The molecule has 0 aromatic carbocycles. The van der Waals surface area contributed by atoms with Crippen molar-refractivity contribution in [2.24, 2.45) is 17.6 Å². The number of hydrogen-bond acceptors (Lipinski definition) is 3. The van der Waals surface area contributed by atoms with Gasteiger partial charge in [-0.3, -0.25) is 0 Å². The van der Waals surface area contributed by atoms with Crippen LogP contribution in [0.2, 0.25) is 0 Å². The Balaban J connectivity index is 1.82. The number of nitrogens with zero attached hydrogens (tertiary/aromatic N) is 1. The van der Waals surface area contributed by atoms with E-state index in [0.29, 0.717) is 6.04 Å². The van der Waals surface area contributed by atoms with E-state index in [9.17, 15) is 0 Å². The van der Waals surface area contributed by atoms with Crippen molar-refractivity contribution in [3.63, 3.8) is 0 Å². The van der Waals surface area contributed by atoms with Crippen LogP contribution >= 0.6 is 11.8 Å². The molecule has 2 aliphatic rings. The van der Waals surface area contributed by atoms with Crippen molar-refractivity contribution in [1.82, 2.24) is 4.90 Å². The van der Waals surface area contributed by atoms with Gasteiger partial charge in [-0.15, -0.1) is 0 Å². The number of rotatable bonds is 3. The van der Waals surface area contributed by atoms with Gasteiger partial charge in [-0.2, -0.15) is 11.8 Å². The molecule has 2 nitrogen and oxygen atoms in total. The molecule has 2 rings (SSSR count). The highest BCUT2D eigenvalue weighted by molar-refractivity contribution is 7.99. The minimum absolute atomic E-state index is 0.466. The van der Waals surface area contributed by atoms with Crippen LogP contribution in [0.1, 0.15) is 39.0 Å². The first-order valence-corrected chi connectivity index (χ1v) is 8.50. The van der Waals surface area contributed by atoms with Gasteiger partial charge in [0.15, 0.2) is 0 Å². The van der Waals surface area contributed by atoms with Gasteiger partial charge in [-0.1, -0.05) is 13.3 Å². The first kappa shape index (κ1) is 13.7. The minimum Gasteiger partial charge on any atom is -0.327 e. The summed E-state index contributed by atoms with van der Waals surface area (Å²) >= 11 is 2.11. The topological polar surface area (TPSA) is 29.3 Å². The zero-order valence-electron chi connectivity index (χ0n) is 11.2. The molecule has 3 unspecified atom stereocenters. The van der Waals surface area contributed by atoms with E-state index in [2.05, 4.69) is 23.6 Å². The summed E-state index contributed by atoms with van der Waals surface area (Å²) in [6.07, 6.45) is 6.71. The average molecular weight is 256 g/mol. The van der Waals surface area contributed by atoms with Crippen molar-refractivity contribution in [3.05, 3.63) is 0 Å². The van der Waals surface area contributed by atoms with Crippen molar-refractivity contribution in [2.75, 3.05) is 31.1 Å². The Morgan fingerprint density at radius 2 is 2.12 bits per heavy atom. The lowest BCUT2D eigenvalue weighted by atomic mass is 9.77. The first-order chi connectivity index (χ1) is 8.29. The van der Waals surface area contributed by atoms with E-state index < -0.39 is 0 Å². The van der Waals surface area contributed by atoms with Gasteiger partial charge < -0.3 is 10.6 Å². The summed E-state index contributed by atoms with van der Waals surface area (Å²) in [5.41, 5.74) is 6.32. The molecule has 1 saturated heterocycles. The van der Waals surface area contributed by atoms with Crippen LogP contribution < -0.4 is 5.73 Å². The molecule has 3 heteroatoms. The molecule has 2 N–H and O–H groups in total. The van der Waals surface area contributed by atoms with Crippen molar-refractivity contribution in [3.8, 4) is 0 Å². The molecule has 0 aromatic rings. The van der Waals surface area contributed by atoms with Crippen LogP contribution in [-0.2, 0) is 0 Å². The van der Waals surface area contributed by atoms with E-state index in [-0.39, 0.29) is 0 Å². The lowest BCUT2D eigenvalue weighted by Gasteiger charge is -2.36. The molecule has 0 bridgehead atoms. The first-order valence-electron chi connectivity index (χ1n) is 7.35. The molecule has 100 valence electrons. The van der Waals surface area contributed by atoms with Crippen LogP contribution in [0.15, 0.2) is 0 Å². The van der Waals surface area contributed by atoms with Gasteiger partial charge in [0.25, 0.3) is 0 Å². The Morgan fingerprint density at radius 3 is 2.94 bits per heavy atom. The zero-order valence-corrected chi connectivity index (χ0v) is 12.1. The molecule has 1 heterocycles. The molecule has 17 heavy (non-hydrogen) atoms. The Labute approximate surface area is 111 Å². The Morgan fingerprint density at radius 1 is 1.24 bits per heavy atom. The third-order valence-electron chi connectivity index (χ3n) is 4.53. The maximum absolute atomic E-state index is 6.32. The standard InChI is InChI=1S/C14H28N2S/c1-2-12-4-5-14(15)13(10-12)11-16-6-3-8-17-9-7-16/h12-14H,2-11,15H2,1H3. The third-order valence-corrected chi connectivity index (χ3v) is 5.58. The van der Waals surface area contributed by atoms with Crippen LogP contribution in [0.3, 0.4) is 0 Å². The second kappa shape index (κ2) is 7.01. The van der Waals surface area contributed by atoms with E-state index >= 15 is 0 Å². The molecule has 0 spiro atoms. The Kier molecular flexibility index (Phi) is 5.64. The molecule has 0 aromatic heterocycles. The minimum atomic E-state index is 0.466. The lowest BCUT2D eigenvalue weighted by molar-refractivity contribution is 0.160.